The average Bonchev–Trinajstić information content (AvgIpc) is 2.56. The molecule has 0 atom stereocenters. The van der Waals surface area contributed by atoms with Gasteiger partial charge in [0, 0.05) is 17.9 Å². The summed E-state index contributed by atoms with van der Waals surface area (Å²) in [7, 11) is 0. The predicted octanol–water partition coefficient (Wildman–Crippen LogP) is 3.53. The predicted molar refractivity (Wildman–Crippen MR) is 86.1 cm³/mol. The third-order valence-electron chi connectivity index (χ3n) is 3.41. The van der Waals surface area contributed by atoms with E-state index in [-0.39, 0.29) is 5.91 Å². The molecule has 0 fully saturated rings. The molecule has 1 aliphatic heterocycles. The summed E-state index contributed by atoms with van der Waals surface area (Å²) in [5.74, 6) is 0.755. The van der Waals surface area contributed by atoms with Crippen molar-refractivity contribution in [2.45, 2.75) is 19.4 Å². The van der Waals surface area contributed by atoms with Gasteiger partial charge in [-0.2, -0.15) is 5.10 Å². The van der Waals surface area contributed by atoms with Crippen LogP contribution in [0.1, 0.15) is 24.0 Å². The minimum Gasteiger partial charge on any atom is -0.489 e. The highest BCUT2D eigenvalue weighted by Gasteiger charge is 2.12. The SMILES string of the molecule is O=C1CCC(c2ccc(OCc3ccc(Cl)cc3)cc2)=NN1. The van der Waals surface area contributed by atoms with Crippen LogP contribution in [-0.4, -0.2) is 11.6 Å². The fourth-order valence-electron chi connectivity index (χ4n) is 2.17. The van der Waals surface area contributed by atoms with Crippen LogP contribution in [0.25, 0.3) is 0 Å². The second kappa shape index (κ2) is 6.62. The molecule has 0 aromatic heterocycles. The summed E-state index contributed by atoms with van der Waals surface area (Å²) < 4.78 is 5.74. The van der Waals surface area contributed by atoms with Gasteiger partial charge in [-0.1, -0.05) is 23.7 Å². The zero-order chi connectivity index (χ0) is 15.4. The van der Waals surface area contributed by atoms with Crippen molar-refractivity contribution in [2.75, 3.05) is 0 Å². The number of benzene rings is 2. The summed E-state index contributed by atoms with van der Waals surface area (Å²) >= 11 is 5.85. The van der Waals surface area contributed by atoms with Gasteiger partial charge in [-0.3, -0.25) is 4.79 Å². The number of ether oxygens (including phenoxy) is 1. The van der Waals surface area contributed by atoms with Gasteiger partial charge in [-0.25, -0.2) is 5.43 Å². The fraction of sp³-hybridized carbons (Fsp3) is 0.176. The molecule has 0 spiro atoms. The Bertz CT molecular complexity index is 694. The van der Waals surface area contributed by atoms with E-state index in [2.05, 4.69) is 10.5 Å². The van der Waals surface area contributed by atoms with Crippen molar-refractivity contribution in [3.8, 4) is 5.75 Å². The molecule has 22 heavy (non-hydrogen) atoms. The molecular weight excluding hydrogens is 300 g/mol. The quantitative estimate of drug-likeness (QED) is 0.938. The molecule has 1 heterocycles. The largest absolute Gasteiger partial charge is 0.489 e. The Morgan fingerprint density at radius 1 is 1.05 bits per heavy atom. The van der Waals surface area contributed by atoms with Gasteiger partial charge in [0.1, 0.15) is 12.4 Å². The number of halogens is 1. The lowest BCUT2D eigenvalue weighted by molar-refractivity contribution is -0.121. The fourth-order valence-corrected chi connectivity index (χ4v) is 2.30. The maximum Gasteiger partial charge on any atom is 0.240 e. The number of hydrogen-bond donors (Lipinski definition) is 1. The number of nitrogens with one attached hydrogen (secondary N) is 1. The summed E-state index contributed by atoms with van der Waals surface area (Å²) in [5.41, 5.74) is 5.46. The van der Waals surface area contributed by atoms with Gasteiger partial charge in [0.05, 0.1) is 5.71 Å². The van der Waals surface area contributed by atoms with Crippen LogP contribution in [0, 0.1) is 0 Å². The Morgan fingerprint density at radius 3 is 2.41 bits per heavy atom. The van der Waals surface area contributed by atoms with Crippen molar-refractivity contribution >= 4 is 23.2 Å². The molecule has 0 unspecified atom stereocenters. The van der Waals surface area contributed by atoms with Crippen LogP contribution in [0.2, 0.25) is 5.02 Å². The number of rotatable bonds is 4. The van der Waals surface area contributed by atoms with Crippen molar-refractivity contribution in [1.29, 1.82) is 0 Å². The van der Waals surface area contributed by atoms with E-state index in [9.17, 15) is 4.79 Å². The van der Waals surface area contributed by atoms with Crippen molar-refractivity contribution < 1.29 is 9.53 Å². The lowest BCUT2D eigenvalue weighted by atomic mass is 10.0. The molecule has 112 valence electrons. The molecule has 2 aromatic carbocycles. The van der Waals surface area contributed by atoms with Crippen LogP contribution < -0.4 is 10.2 Å². The van der Waals surface area contributed by atoms with Crippen LogP contribution in [-0.2, 0) is 11.4 Å². The molecule has 0 saturated heterocycles. The summed E-state index contributed by atoms with van der Waals surface area (Å²) in [4.78, 5) is 11.1. The van der Waals surface area contributed by atoms with Gasteiger partial charge >= 0.3 is 0 Å². The van der Waals surface area contributed by atoms with E-state index in [1.807, 2.05) is 48.5 Å². The molecule has 2 aromatic rings. The summed E-state index contributed by atoms with van der Waals surface area (Å²) in [6, 6.07) is 15.3. The number of hydrazone groups is 1. The lowest BCUT2D eigenvalue weighted by Crippen LogP contribution is -2.25. The Hall–Kier alpha value is -2.33. The van der Waals surface area contributed by atoms with Gasteiger partial charge in [-0.05, 0) is 47.5 Å². The number of amides is 1. The molecule has 0 saturated carbocycles. The standard InChI is InChI=1S/C17H15ClN2O2/c18-14-5-1-12(2-6-14)11-22-15-7-3-13(4-8-15)16-9-10-17(21)20-19-16/h1-8H,9-11H2,(H,20,21). The van der Waals surface area contributed by atoms with E-state index < -0.39 is 0 Å². The third-order valence-corrected chi connectivity index (χ3v) is 3.66. The van der Waals surface area contributed by atoms with Gasteiger partial charge in [0.25, 0.3) is 0 Å². The zero-order valence-electron chi connectivity index (χ0n) is 11.9. The van der Waals surface area contributed by atoms with Crippen LogP contribution in [0.3, 0.4) is 0 Å². The number of nitrogens with zero attached hydrogens (tertiary/aromatic N) is 1. The Morgan fingerprint density at radius 2 is 1.77 bits per heavy atom. The molecule has 3 rings (SSSR count). The molecule has 1 N–H and O–H groups in total. The highest BCUT2D eigenvalue weighted by Crippen LogP contribution is 2.17. The van der Waals surface area contributed by atoms with Gasteiger partial charge in [0.2, 0.25) is 5.91 Å². The Kier molecular flexibility index (Phi) is 4.39. The van der Waals surface area contributed by atoms with Gasteiger partial charge in [-0.15, -0.1) is 0 Å². The van der Waals surface area contributed by atoms with Crippen LogP contribution in [0.15, 0.2) is 53.6 Å². The monoisotopic (exact) mass is 314 g/mol. The minimum absolute atomic E-state index is 0.0355. The van der Waals surface area contributed by atoms with E-state index in [1.54, 1.807) is 0 Å². The molecule has 1 aliphatic rings. The molecular formula is C17H15ClN2O2. The second-order valence-electron chi connectivity index (χ2n) is 5.03. The molecule has 0 radical (unpaired) electrons. The highest BCUT2D eigenvalue weighted by molar-refractivity contribution is 6.30. The first kappa shape index (κ1) is 14.6. The Balaban J connectivity index is 1.62. The minimum atomic E-state index is -0.0355. The molecule has 0 aliphatic carbocycles. The van der Waals surface area contributed by atoms with E-state index in [4.69, 9.17) is 16.3 Å². The number of hydrogen-bond acceptors (Lipinski definition) is 3. The van der Waals surface area contributed by atoms with Crippen molar-refractivity contribution in [3.63, 3.8) is 0 Å². The second-order valence-corrected chi connectivity index (χ2v) is 5.47. The maximum atomic E-state index is 11.1. The number of carbonyl (C=O) groups excluding carboxylic acids is 1. The van der Waals surface area contributed by atoms with Crippen molar-refractivity contribution in [1.82, 2.24) is 5.43 Å². The van der Waals surface area contributed by atoms with Crippen molar-refractivity contribution in [2.24, 2.45) is 5.10 Å². The van der Waals surface area contributed by atoms with Crippen LogP contribution >= 0.6 is 11.6 Å². The van der Waals surface area contributed by atoms with E-state index in [0.29, 0.717) is 24.5 Å². The first-order chi connectivity index (χ1) is 10.7. The molecule has 5 heteroatoms. The number of carbonyl (C=O) groups is 1. The third kappa shape index (κ3) is 3.65. The summed E-state index contributed by atoms with van der Waals surface area (Å²) in [6.07, 6.45) is 1.14. The van der Waals surface area contributed by atoms with E-state index >= 15 is 0 Å². The Labute approximate surface area is 133 Å². The first-order valence-corrected chi connectivity index (χ1v) is 7.41. The maximum absolute atomic E-state index is 11.1. The van der Waals surface area contributed by atoms with E-state index in [0.717, 1.165) is 22.6 Å². The van der Waals surface area contributed by atoms with E-state index in [1.165, 1.54) is 0 Å². The topological polar surface area (TPSA) is 50.7 Å². The zero-order valence-corrected chi connectivity index (χ0v) is 12.6. The molecule has 0 bridgehead atoms. The smallest absolute Gasteiger partial charge is 0.240 e. The normalized spacial score (nSPS) is 14.2. The first-order valence-electron chi connectivity index (χ1n) is 7.04. The average molecular weight is 315 g/mol. The molecule has 4 nitrogen and oxygen atoms in total. The van der Waals surface area contributed by atoms with Crippen molar-refractivity contribution in [3.05, 3.63) is 64.7 Å². The highest BCUT2D eigenvalue weighted by atomic mass is 35.5. The summed E-state index contributed by atoms with van der Waals surface area (Å²) in [5, 5.41) is 4.79. The molecule has 1 amide bonds. The van der Waals surface area contributed by atoms with Crippen LogP contribution in [0.4, 0.5) is 0 Å². The van der Waals surface area contributed by atoms with Gasteiger partial charge < -0.3 is 4.74 Å². The van der Waals surface area contributed by atoms with Gasteiger partial charge in [0.15, 0.2) is 0 Å². The van der Waals surface area contributed by atoms with Crippen LogP contribution in [0.5, 0.6) is 5.75 Å². The lowest BCUT2D eigenvalue weighted by Gasteiger charge is -2.12. The summed E-state index contributed by atoms with van der Waals surface area (Å²) in [6.45, 7) is 0.494.